The highest BCUT2D eigenvalue weighted by molar-refractivity contribution is 5.71. The number of rotatable bonds is 10. The lowest BCUT2D eigenvalue weighted by atomic mass is 9.82. The zero-order chi connectivity index (χ0) is 54.3. The summed E-state index contributed by atoms with van der Waals surface area (Å²) >= 11 is 0. The molecule has 2 bridgehead atoms. The molecule has 0 aromatic heterocycles. The Morgan fingerprint density at radius 2 is 1.27 bits per heavy atom. The predicted molar refractivity (Wildman–Crippen MR) is 272 cm³/mol. The van der Waals surface area contributed by atoms with Gasteiger partial charge < -0.3 is 86.6 Å². The summed E-state index contributed by atoms with van der Waals surface area (Å²) in [6, 6.07) is -0.864. The Morgan fingerprint density at radius 1 is 0.699 bits per heavy atom. The van der Waals surface area contributed by atoms with E-state index in [1.54, 1.807) is 51.2 Å². The number of carbonyl (C=O) groups is 2. The molecule has 0 spiro atoms. The van der Waals surface area contributed by atoms with E-state index in [0.717, 1.165) is 12.8 Å². The fraction of sp³-hybridized carbons (Fsp3) is 0.736. The minimum absolute atomic E-state index is 0.143. The van der Waals surface area contributed by atoms with E-state index in [1.165, 1.54) is 0 Å². The van der Waals surface area contributed by atoms with E-state index < -0.39 is 141 Å². The third-order valence-corrected chi connectivity index (χ3v) is 13.9. The Kier molecular flexibility index (Phi) is 29.0. The summed E-state index contributed by atoms with van der Waals surface area (Å²) in [6.07, 6.45) is 3.64. The topological polar surface area (TPSA) is 349 Å². The van der Waals surface area contributed by atoms with Crippen LogP contribution >= 0.6 is 0 Å². The summed E-state index contributed by atoms with van der Waals surface area (Å²) in [5.41, 5.74) is 11.6. The number of esters is 1. The van der Waals surface area contributed by atoms with Gasteiger partial charge in [-0.05, 0) is 91.4 Å². The van der Waals surface area contributed by atoms with Gasteiger partial charge in [0.25, 0.3) is 0 Å². The molecule has 2 fully saturated rings. The third kappa shape index (κ3) is 22.1. The van der Waals surface area contributed by atoms with E-state index in [2.05, 4.69) is 0 Å². The van der Waals surface area contributed by atoms with Gasteiger partial charge in [0.2, 0.25) is 0 Å². The van der Waals surface area contributed by atoms with Crippen LogP contribution in [0.4, 0.5) is 0 Å². The van der Waals surface area contributed by atoms with Crippen LogP contribution in [0.15, 0.2) is 72.9 Å². The Balaban J connectivity index is 1.92. The van der Waals surface area contributed by atoms with Crippen molar-refractivity contribution in [3.8, 4) is 0 Å². The van der Waals surface area contributed by atoms with Crippen molar-refractivity contribution >= 4 is 11.9 Å². The maximum atomic E-state index is 12.7. The molecule has 0 amide bonds. The van der Waals surface area contributed by atoms with Crippen LogP contribution in [0.25, 0.3) is 0 Å². The molecular formula is C53H89N3O17. The number of nitrogens with two attached hydrogens (primary N) is 2. The van der Waals surface area contributed by atoms with Crippen LogP contribution in [0.1, 0.15) is 105 Å². The summed E-state index contributed by atoms with van der Waals surface area (Å²) in [6.45, 7) is 8.48. The first-order valence-corrected chi connectivity index (χ1v) is 26.0. The van der Waals surface area contributed by atoms with Crippen LogP contribution in [-0.2, 0) is 28.5 Å². The van der Waals surface area contributed by atoms with E-state index >= 15 is 0 Å². The quantitative estimate of drug-likeness (QED) is 0.136. The normalized spacial score (nSPS) is 41.7. The molecule has 19 atom stereocenters. The number of carboxylic acid groups (broad SMARTS) is 1. The average molecular weight is 1040 g/mol. The highest BCUT2D eigenvalue weighted by Crippen LogP contribution is 2.38. The second kappa shape index (κ2) is 33.0. The zero-order valence-corrected chi connectivity index (χ0v) is 43.1. The number of carbonyl (C=O) groups excluding carboxylic acids is 1. The molecule has 1 unspecified atom stereocenters. The van der Waals surface area contributed by atoms with Crippen LogP contribution < -0.4 is 11.5 Å². The number of hydrogen-bond acceptors (Lipinski definition) is 19. The van der Waals surface area contributed by atoms with E-state index in [-0.39, 0.29) is 38.0 Å². The Hall–Kier alpha value is -3.26. The van der Waals surface area contributed by atoms with E-state index in [1.807, 2.05) is 54.4 Å². The number of nitrogens with zero attached hydrogens (tertiary/aromatic N) is 1. The smallest absolute Gasteiger partial charge is 0.311 e. The highest BCUT2D eigenvalue weighted by atomic mass is 16.7. The second-order valence-electron chi connectivity index (χ2n) is 20.1. The molecular weight excluding hydrogens is 951 g/mol. The highest BCUT2D eigenvalue weighted by Gasteiger charge is 2.52. The second-order valence-corrected chi connectivity index (χ2v) is 20.1. The van der Waals surface area contributed by atoms with Crippen molar-refractivity contribution in [2.24, 2.45) is 29.2 Å². The molecule has 15 N–H and O–H groups in total. The van der Waals surface area contributed by atoms with Gasteiger partial charge in [0.15, 0.2) is 12.1 Å². The first kappa shape index (κ1) is 64.0. The standard InChI is InChI=1S/C53H89N3O17/c1-33-19-15-13-11-9-7-5-6-8-10-12-14-16-20-40(72-52-50(66)47(49(65)36(4)71-52)56(25-17-23-54)26-18-24-55)30-44-46(51(67)68)43(62)32-53(69,73-44)31-42(61)41(60)22-21-37(57)27-38(58)28-39(59)29-45(63)70-35(3)34(2)48(33)64/h5-6,8,10-16,19-20,33-44,46-50,52,57-62,64-66,69H,7,9,17-18,21-32,54-55H2,1-4H3,(H,67,68)/b6-5+,10-8+,13-11+,14-12+,19-15+,20-16+/t33-,34-,35-,36+,37+,38+,39+,40-,41+,42+,43-,44?,46+,47-,48+,49+,50-,52-,53+/m0/s1. The van der Waals surface area contributed by atoms with E-state index in [4.69, 9.17) is 30.4 Å². The number of fused-ring (bicyclic) bond motifs is 2. The van der Waals surface area contributed by atoms with Crippen molar-refractivity contribution < 1.29 is 84.7 Å². The number of carboxylic acids is 1. The van der Waals surface area contributed by atoms with Crippen molar-refractivity contribution in [2.75, 3.05) is 26.2 Å². The minimum atomic E-state index is -2.37. The Bertz CT molecular complexity index is 1780. The summed E-state index contributed by atoms with van der Waals surface area (Å²) in [5, 5.41) is 121. The van der Waals surface area contributed by atoms with Crippen LogP contribution in [0.3, 0.4) is 0 Å². The number of ether oxygens (including phenoxy) is 4. The van der Waals surface area contributed by atoms with Gasteiger partial charge in [0.05, 0.1) is 79.6 Å². The number of cyclic esters (lactones) is 1. The lowest BCUT2D eigenvalue weighted by Gasteiger charge is -2.47. The van der Waals surface area contributed by atoms with Crippen LogP contribution in [0.5, 0.6) is 0 Å². The summed E-state index contributed by atoms with van der Waals surface area (Å²) in [5.74, 6) is -6.86. The fourth-order valence-electron chi connectivity index (χ4n) is 9.49. The first-order chi connectivity index (χ1) is 34.6. The molecule has 0 radical (unpaired) electrons. The molecule has 20 heteroatoms. The summed E-state index contributed by atoms with van der Waals surface area (Å²) < 4.78 is 23.9. The minimum Gasteiger partial charge on any atom is -0.481 e. The van der Waals surface area contributed by atoms with Crippen LogP contribution in [0, 0.1) is 17.8 Å². The molecule has 2 saturated heterocycles. The number of aliphatic hydroxyl groups is 10. The third-order valence-electron chi connectivity index (χ3n) is 13.9. The maximum Gasteiger partial charge on any atom is 0.311 e. The predicted octanol–water partition coefficient (Wildman–Crippen LogP) is 0.977. The van der Waals surface area contributed by atoms with Crippen molar-refractivity contribution in [1.29, 1.82) is 0 Å². The Morgan fingerprint density at radius 3 is 1.90 bits per heavy atom. The molecule has 3 aliphatic heterocycles. The van der Waals surface area contributed by atoms with Gasteiger partial charge in [-0.1, -0.05) is 86.8 Å². The molecule has 0 saturated carbocycles. The number of allylic oxidation sites excluding steroid dienone is 10. The largest absolute Gasteiger partial charge is 0.481 e. The first-order valence-electron chi connectivity index (χ1n) is 26.0. The van der Waals surface area contributed by atoms with Gasteiger partial charge >= 0.3 is 11.9 Å². The van der Waals surface area contributed by atoms with Crippen molar-refractivity contribution in [3.63, 3.8) is 0 Å². The molecule has 3 heterocycles. The van der Waals surface area contributed by atoms with Gasteiger partial charge in [0.1, 0.15) is 18.1 Å². The lowest BCUT2D eigenvalue weighted by molar-refractivity contribution is -0.313. The zero-order valence-electron chi connectivity index (χ0n) is 43.1. The monoisotopic (exact) mass is 1040 g/mol. The van der Waals surface area contributed by atoms with Crippen molar-refractivity contribution in [2.45, 2.75) is 202 Å². The number of aliphatic carboxylic acids is 1. The maximum absolute atomic E-state index is 12.7. The molecule has 0 aromatic carbocycles. The van der Waals surface area contributed by atoms with Gasteiger partial charge in [-0.3, -0.25) is 14.5 Å². The van der Waals surface area contributed by atoms with Gasteiger partial charge in [-0.25, -0.2) is 0 Å². The van der Waals surface area contributed by atoms with E-state index in [0.29, 0.717) is 39.0 Å². The van der Waals surface area contributed by atoms with E-state index in [9.17, 15) is 65.8 Å². The summed E-state index contributed by atoms with van der Waals surface area (Å²) in [4.78, 5) is 27.3. The Labute approximate surface area is 431 Å². The average Bonchev–Trinajstić information content (AvgIpc) is 3.31. The van der Waals surface area contributed by atoms with Gasteiger partial charge in [-0.15, -0.1) is 0 Å². The number of aliphatic hydroxyl groups excluding tert-OH is 9. The lowest BCUT2D eigenvalue weighted by Crippen LogP contribution is -2.64. The molecule has 20 nitrogen and oxygen atoms in total. The summed E-state index contributed by atoms with van der Waals surface area (Å²) in [7, 11) is 0. The molecule has 0 aromatic rings. The van der Waals surface area contributed by atoms with Crippen molar-refractivity contribution in [1.82, 2.24) is 4.90 Å². The van der Waals surface area contributed by atoms with Crippen LogP contribution in [-0.4, -0.2) is 197 Å². The van der Waals surface area contributed by atoms with Crippen molar-refractivity contribution in [3.05, 3.63) is 72.9 Å². The SMILES string of the molecule is C[C@@H]1[C@H](O)[C@@H](C)/C=C/C=C/CC/C=C/C=C/C=C/C=C/[C@H](O[C@@H]2O[C@H](C)[C@@H](O)[C@H](N(CCCN)CCCN)[C@@H]2O)CC2O[C@](O)(C[C@@H](O)[C@H](O)CC[C@@H](O)C[C@@H](O)C[C@@H](O)CC(=O)O[C@H]1C)C[C@H](O)[C@H]2C(=O)O. The van der Waals surface area contributed by atoms with Gasteiger partial charge in [-0.2, -0.15) is 0 Å². The molecule has 73 heavy (non-hydrogen) atoms. The molecule has 3 aliphatic rings. The van der Waals surface area contributed by atoms with Crippen LogP contribution in [0.2, 0.25) is 0 Å². The van der Waals surface area contributed by atoms with Gasteiger partial charge in [0, 0.05) is 31.1 Å². The fourth-order valence-corrected chi connectivity index (χ4v) is 9.49. The molecule has 3 rings (SSSR count). The number of hydrogen-bond donors (Lipinski definition) is 13. The molecule has 0 aliphatic carbocycles. The molecule has 418 valence electrons.